The fraction of sp³-hybridized carbons (Fsp3) is 0.136. The van der Waals surface area contributed by atoms with Gasteiger partial charge in [-0.15, -0.1) is 0 Å². The van der Waals surface area contributed by atoms with Gasteiger partial charge in [-0.1, -0.05) is 0 Å². The van der Waals surface area contributed by atoms with E-state index in [0.717, 1.165) is 27.9 Å². The number of carbonyl (C=O) groups excluding carboxylic acids is 1. The first-order chi connectivity index (χ1) is 15.6. The van der Waals surface area contributed by atoms with Gasteiger partial charge in [-0.3, -0.25) is 14.8 Å². The molecule has 2 N–H and O–H groups in total. The fourth-order valence-corrected chi connectivity index (χ4v) is 3.23. The Labute approximate surface area is 184 Å². The summed E-state index contributed by atoms with van der Waals surface area (Å²) in [4.78, 5) is 33.7. The number of carbonyl (C=O) groups is 1. The topological polar surface area (TPSA) is 123 Å². The number of hydrogen-bond acceptors (Lipinski definition) is 8. The van der Waals surface area contributed by atoms with Gasteiger partial charge in [0.2, 0.25) is 5.91 Å². The molecule has 0 radical (unpaired) electrons. The maximum atomic E-state index is 12.6. The number of amides is 1. The first-order valence-electron chi connectivity index (χ1n) is 9.79. The summed E-state index contributed by atoms with van der Waals surface area (Å²) in [6.45, 7) is 5.45. The molecule has 160 valence electrons. The fourth-order valence-electron chi connectivity index (χ4n) is 3.23. The van der Waals surface area contributed by atoms with Gasteiger partial charge in [-0.05, 0) is 37.9 Å². The molecule has 0 aliphatic carbocycles. The van der Waals surface area contributed by atoms with E-state index in [-0.39, 0.29) is 12.5 Å². The predicted molar refractivity (Wildman–Crippen MR) is 123 cm³/mol. The normalized spacial score (nSPS) is 11.4. The SMILES string of the molecule is C=N/C(=C\NC)c1ccc(NC(=O)Cn2ncc3c(-c4ccnc(C)c4)ncnc32)nc1. The molecule has 4 aromatic heterocycles. The summed E-state index contributed by atoms with van der Waals surface area (Å²) in [7, 11) is 1.78. The number of aromatic nitrogens is 6. The summed E-state index contributed by atoms with van der Waals surface area (Å²) in [5, 5.41) is 10.8. The number of rotatable bonds is 7. The van der Waals surface area contributed by atoms with Crippen molar-refractivity contribution in [1.29, 1.82) is 0 Å². The molecule has 10 nitrogen and oxygen atoms in total. The molecule has 4 rings (SSSR count). The van der Waals surface area contributed by atoms with Crippen LogP contribution in [0.2, 0.25) is 0 Å². The summed E-state index contributed by atoms with van der Waals surface area (Å²) >= 11 is 0. The van der Waals surface area contributed by atoms with E-state index in [2.05, 4.69) is 47.4 Å². The van der Waals surface area contributed by atoms with Crippen LogP contribution in [0.1, 0.15) is 11.3 Å². The second-order valence-electron chi connectivity index (χ2n) is 6.90. The van der Waals surface area contributed by atoms with Crippen molar-refractivity contribution in [3.63, 3.8) is 0 Å². The molecule has 0 fully saturated rings. The van der Waals surface area contributed by atoms with E-state index < -0.39 is 0 Å². The summed E-state index contributed by atoms with van der Waals surface area (Å²) in [6, 6.07) is 7.34. The Bertz CT molecular complexity index is 1310. The van der Waals surface area contributed by atoms with Crippen molar-refractivity contribution in [3.8, 4) is 11.3 Å². The minimum absolute atomic E-state index is 0.0160. The molecule has 1 amide bonds. The van der Waals surface area contributed by atoms with Crippen LogP contribution in [0.4, 0.5) is 5.82 Å². The lowest BCUT2D eigenvalue weighted by molar-refractivity contribution is -0.116. The van der Waals surface area contributed by atoms with Gasteiger partial charge in [0, 0.05) is 42.5 Å². The maximum absolute atomic E-state index is 12.6. The summed E-state index contributed by atoms with van der Waals surface area (Å²) in [5.74, 6) is 0.147. The van der Waals surface area contributed by atoms with E-state index in [1.165, 1.54) is 11.0 Å². The van der Waals surface area contributed by atoms with E-state index in [1.807, 2.05) is 19.1 Å². The van der Waals surface area contributed by atoms with Gasteiger partial charge >= 0.3 is 0 Å². The molecule has 0 saturated carbocycles. The summed E-state index contributed by atoms with van der Waals surface area (Å²) in [5.41, 5.74) is 4.55. The van der Waals surface area contributed by atoms with E-state index in [0.29, 0.717) is 17.2 Å². The molecular weight excluding hydrogens is 406 g/mol. The Morgan fingerprint density at radius 2 is 2.06 bits per heavy atom. The molecule has 0 atom stereocenters. The molecule has 0 unspecified atom stereocenters. The average Bonchev–Trinajstić information content (AvgIpc) is 3.21. The van der Waals surface area contributed by atoms with Crippen LogP contribution in [0, 0.1) is 6.92 Å². The van der Waals surface area contributed by atoms with Crippen LogP contribution >= 0.6 is 0 Å². The predicted octanol–water partition coefficient (Wildman–Crippen LogP) is 2.45. The Hall–Kier alpha value is -4.47. The Balaban J connectivity index is 1.52. The third-order valence-corrected chi connectivity index (χ3v) is 4.68. The van der Waals surface area contributed by atoms with Gasteiger partial charge in [0.05, 0.1) is 23.0 Å². The number of nitrogens with one attached hydrogen (secondary N) is 2. The number of anilines is 1. The van der Waals surface area contributed by atoms with Crippen LogP contribution in [0.3, 0.4) is 0 Å². The molecule has 0 aromatic carbocycles. The lowest BCUT2D eigenvalue weighted by Gasteiger charge is -2.07. The van der Waals surface area contributed by atoms with Crippen molar-refractivity contribution >= 4 is 35.2 Å². The first-order valence-corrected chi connectivity index (χ1v) is 9.79. The highest BCUT2D eigenvalue weighted by Crippen LogP contribution is 2.25. The van der Waals surface area contributed by atoms with Crippen LogP contribution in [-0.4, -0.2) is 49.4 Å². The van der Waals surface area contributed by atoms with E-state index in [9.17, 15) is 4.79 Å². The van der Waals surface area contributed by atoms with Gasteiger partial charge < -0.3 is 10.6 Å². The largest absolute Gasteiger partial charge is 0.392 e. The third kappa shape index (κ3) is 4.33. The number of pyridine rings is 2. The molecule has 4 heterocycles. The van der Waals surface area contributed by atoms with Crippen molar-refractivity contribution in [2.75, 3.05) is 12.4 Å². The zero-order valence-electron chi connectivity index (χ0n) is 17.6. The molecule has 10 heteroatoms. The Morgan fingerprint density at radius 1 is 1.19 bits per heavy atom. The molecular formula is C22H21N9O. The highest BCUT2D eigenvalue weighted by Gasteiger charge is 2.14. The van der Waals surface area contributed by atoms with Crippen LogP contribution in [-0.2, 0) is 11.3 Å². The van der Waals surface area contributed by atoms with Gasteiger partial charge in [-0.2, -0.15) is 5.10 Å². The summed E-state index contributed by atoms with van der Waals surface area (Å²) < 4.78 is 1.54. The monoisotopic (exact) mass is 427 g/mol. The highest BCUT2D eigenvalue weighted by atomic mass is 16.2. The van der Waals surface area contributed by atoms with E-state index >= 15 is 0 Å². The number of nitrogens with zero attached hydrogens (tertiary/aromatic N) is 7. The number of fused-ring (bicyclic) bond motifs is 1. The molecule has 32 heavy (non-hydrogen) atoms. The number of aryl methyl sites for hydroxylation is 1. The van der Waals surface area contributed by atoms with Crippen LogP contribution in [0.5, 0.6) is 0 Å². The van der Waals surface area contributed by atoms with Crippen molar-refractivity contribution in [2.45, 2.75) is 13.5 Å². The van der Waals surface area contributed by atoms with Crippen LogP contribution in [0.25, 0.3) is 28.0 Å². The smallest absolute Gasteiger partial charge is 0.247 e. The quantitative estimate of drug-likeness (QED) is 0.434. The highest BCUT2D eigenvalue weighted by molar-refractivity contribution is 5.93. The maximum Gasteiger partial charge on any atom is 0.247 e. The third-order valence-electron chi connectivity index (χ3n) is 4.68. The molecule has 0 bridgehead atoms. The standard InChI is InChI=1S/C22H21N9O/c1-14-8-15(6-7-25-14)21-17-10-29-31(22(17)28-13-27-21)12-20(32)30-19-5-4-16(9-26-19)18(24-3)11-23-2/h4-11,13,23H,3,12H2,1-2H3,(H,26,30,32)/b18-11-. The minimum Gasteiger partial charge on any atom is -0.392 e. The van der Waals surface area contributed by atoms with Gasteiger partial charge in [-0.25, -0.2) is 19.6 Å². The Kier molecular flexibility index (Phi) is 5.93. The Morgan fingerprint density at radius 3 is 2.78 bits per heavy atom. The number of hydrogen-bond donors (Lipinski definition) is 2. The van der Waals surface area contributed by atoms with Crippen molar-refractivity contribution in [3.05, 3.63) is 66.6 Å². The molecule has 0 saturated heterocycles. The van der Waals surface area contributed by atoms with Gasteiger partial charge in [0.15, 0.2) is 5.65 Å². The lowest BCUT2D eigenvalue weighted by atomic mass is 10.1. The molecule has 0 aliphatic rings. The van der Waals surface area contributed by atoms with Crippen LogP contribution in [0.15, 0.2) is 60.4 Å². The molecule has 4 aromatic rings. The van der Waals surface area contributed by atoms with Crippen LogP contribution < -0.4 is 10.6 Å². The zero-order chi connectivity index (χ0) is 22.5. The second-order valence-corrected chi connectivity index (χ2v) is 6.90. The van der Waals surface area contributed by atoms with Crippen molar-refractivity contribution in [2.24, 2.45) is 4.99 Å². The average molecular weight is 427 g/mol. The first kappa shape index (κ1) is 20.8. The zero-order valence-corrected chi connectivity index (χ0v) is 17.6. The minimum atomic E-state index is -0.275. The van der Waals surface area contributed by atoms with Gasteiger partial charge in [0.1, 0.15) is 18.7 Å². The second kappa shape index (κ2) is 9.13. The lowest BCUT2D eigenvalue weighted by Crippen LogP contribution is -2.20. The number of aliphatic imine (C=N–C) groups is 1. The molecule has 0 aliphatic heterocycles. The van der Waals surface area contributed by atoms with Crippen molar-refractivity contribution < 1.29 is 4.79 Å². The van der Waals surface area contributed by atoms with Crippen molar-refractivity contribution in [1.82, 2.24) is 35.0 Å². The van der Waals surface area contributed by atoms with E-state index in [4.69, 9.17) is 0 Å². The van der Waals surface area contributed by atoms with Gasteiger partial charge in [0.25, 0.3) is 0 Å². The summed E-state index contributed by atoms with van der Waals surface area (Å²) in [6.07, 6.45) is 8.20. The van der Waals surface area contributed by atoms with E-state index in [1.54, 1.807) is 44.0 Å². The molecule has 0 spiro atoms.